The molecule has 1 aromatic carbocycles. The van der Waals surface area contributed by atoms with Crippen LogP contribution in [0.2, 0.25) is 0 Å². The first kappa shape index (κ1) is 12.0. The number of benzene rings is 1. The number of hydrogen-bond donors (Lipinski definition) is 1. The monoisotopic (exact) mass is 227 g/mol. The molecule has 1 amide bonds. The van der Waals surface area contributed by atoms with Gasteiger partial charge in [0.2, 0.25) is 0 Å². The molecule has 0 aliphatic carbocycles. The van der Waals surface area contributed by atoms with Crippen LogP contribution in [0.25, 0.3) is 0 Å². The Morgan fingerprint density at radius 2 is 2.06 bits per heavy atom. The van der Waals surface area contributed by atoms with Crippen molar-refractivity contribution in [3.8, 4) is 5.75 Å². The zero-order valence-corrected chi connectivity index (χ0v) is 8.31. The summed E-state index contributed by atoms with van der Waals surface area (Å²) in [5, 5.41) is 0. The Balaban J connectivity index is 2.34. The smallest absolute Gasteiger partial charge is 0.344 e. The van der Waals surface area contributed by atoms with Gasteiger partial charge in [-0.05, 0) is 12.1 Å². The molecule has 0 spiro atoms. The minimum atomic E-state index is -0.751. The molecule has 0 heterocycles. The fourth-order valence-electron chi connectivity index (χ4n) is 0.892. The van der Waals surface area contributed by atoms with Gasteiger partial charge < -0.3 is 15.2 Å². The maximum absolute atomic E-state index is 12.7. The van der Waals surface area contributed by atoms with Crippen molar-refractivity contribution in [3.05, 3.63) is 30.1 Å². The second-order valence-corrected chi connectivity index (χ2v) is 2.87. The first-order chi connectivity index (χ1) is 7.58. The van der Waals surface area contributed by atoms with Crippen LogP contribution in [0.3, 0.4) is 0 Å². The van der Waals surface area contributed by atoms with Gasteiger partial charge in [-0.25, -0.2) is 9.18 Å². The van der Waals surface area contributed by atoms with E-state index >= 15 is 0 Å². The number of esters is 1. The normalized spacial score (nSPS) is 9.56. The molecular weight excluding hydrogens is 217 g/mol. The lowest BCUT2D eigenvalue weighted by molar-refractivity contribution is -0.149. The quantitative estimate of drug-likeness (QED) is 0.730. The maximum Gasteiger partial charge on any atom is 0.344 e. The minimum Gasteiger partial charge on any atom is -0.482 e. The number of amides is 1. The fraction of sp³-hybridized carbons (Fsp3) is 0.200. The lowest BCUT2D eigenvalue weighted by Gasteiger charge is -2.05. The Labute approximate surface area is 90.9 Å². The summed E-state index contributed by atoms with van der Waals surface area (Å²) in [6.07, 6.45) is 0. The van der Waals surface area contributed by atoms with Crippen LogP contribution >= 0.6 is 0 Å². The van der Waals surface area contributed by atoms with Crippen LogP contribution < -0.4 is 10.5 Å². The Morgan fingerprint density at radius 3 is 2.69 bits per heavy atom. The van der Waals surface area contributed by atoms with E-state index in [9.17, 15) is 14.0 Å². The third-order valence-electron chi connectivity index (χ3n) is 1.53. The van der Waals surface area contributed by atoms with Gasteiger partial charge in [-0.15, -0.1) is 0 Å². The second-order valence-electron chi connectivity index (χ2n) is 2.87. The highest BCUT2D eigenvalue weighted by Gasteiger charge is 2.06. The molecule has 0 atom stereocenters. The molecule has 1 rings (SSSR count). The molecule has 0 saturated carbocycles. The van der Waals surface area contributed by atoms with Gasteiger partial charge in [-0.3, -0.25) is 4.79 Å². The van der Waals surface area contributed by atoms with Gasteiger partial charge in [0.15, 0.2) is 13.2 Å². The summed E-state index contributed by atoms with van der Waals surface area (Å²) in [6.45, 7) is -0.901. The van der Waals surface area contributed by atoms with Crippen molar-refractivity contribution in [2.24, 2.45) is 5.73 Å². The van der Waals surface area contributed by atoms with E-state index in [2.05, 4.69) is 4.74 Å². The van der Waals surface area contributed by atoms with Gasteiger partial charge in [0.05, 0.1) is 0 Å². The average molecular weight is 227 g/mol. The van der Waals surface area contributed by atoms with Gasteiger partial charge in [0.1, 0.15) is 11.6 Å². The number of nitrogens with two attached hydrogens (primary N) is 1. The molecule has 1 aromatic rings. The number of primary amides is 1. The number of rotatable bonds is 5. The number of carbonyl (C=O) groups excluding carboxylic acids is 2. The van der Waals surface area contributed by atoms with E-state index in [0.29, 0.717) is 0 Å². The first-order valence-corrected chi connectivity index (χ1v) is 4.40. The van der Waals surface area contributed by atoms with Crippen molar-refractivity contribution in [1.29, 1.82) is 0 Å². The van der Waals surface area contributed by atoms with Gasteiger partial charge in [0, 0.05) is 6.07 Å². The summed E-state index contributed by atoms with van der Waals surface area (Å²) in [7, 11) is 0. The third kappa shape index (κ3) is 4.41. The molecular formula is C10H10FNO4. The molecule has 0 aliphatic rings. The van der Waals surface area contributed by atoms with E-state index in [4.69, 9.17) is 10.5 Å². The highest BCUT2D eigenvalue weighted by atomic mass is 19.1. The summed E-state index contributed by atoms with van der Waals surface area (Å²) in [5.74, 6) is -1.76. The molecule has 0 unspecified atom stereocenters. The van der Waals surface area contributed by atoms with E-state index in [-0.39, 0.29) is 5.75 Å². The van der Waals surface area contributed by atoms with Crippen molar-refractivity contribution < 1.29 is 23.5 Å². The molecule has 86 valence electrons. The fourth-order valence-corrected chi connectivity index (χ4v) is 0.892. The molecule has 0 saturated heterocycles. The molecule has 5 nitrogen and oxygen atoms in total. The van der Waals surface area contributed by atoms with Crippen LogP contribution in [0.15, 0.2) is 24.3 Å². The van der Waals surface area contributed by atoms with Crippen molar-refractivity contribution >= 4 is 11.9 Å². The molecule has 2 N–H and O–H groups in total. The topological polar surface area (TPSA) is 78.6 Å². The van der Waals surface area contributed by atoms with Crippen molar-refractivity contribution in [1.82, 2.24) is 0 Å². The lowest BCUT2D eigenvalue weighted by Crippen LogP contribution is -2.23. The lowest BCUT2D eigenvalue weighted by atomic mass is 10.3. The van der Waals surface area contributed by atoms with E-state index in [1.54, 1.807) is 0 Å². The highest BCUT2D eigenvalue weighted by molar-refractivity contribution is 5.79. The SMILES string of the molecule is NC(=O)COC(=O)COc1cccc(F)c1. The van der Waals surface area contributed by atoms with E-state index in [1.807, 2.05) is 0 Å². The largest absolute Gasteiger partial charge is 0.482 e. The standard InChI is InChI=1S/C10H10FNO4/c11-7-2-1-3-8(4-7)15-6-10(14)16-5-9(12)13/h1-4H,5-6H2,(H2,12,13). The average Bonchev–Trinajstić information content (AvgIpc) is 2.23. The zero-order valence-electron chi connectivity index (χ0n) is 8.31. The number of carbonyl (C=O) groups is 2. The van der Waals surface area contributed by atoms with Gasteiger partial charge in [-0.2, -0.15) is 0 Å². The molecule has 0 radical (unpaired) electrons. The number of hydrogen-bond acceptors (Lipinski definition) is 4. The van der Waals surface area contributed by atoms with Crippen molar-refractivity contribution in [2.75, 3.05) is 13.2 Å². The Bertz CT molecular complexity index is 394. The van der Waals surface area contributed by atoms with Crippen LogP contribution in [-0.2, 0) is 14.3 Å². The summed E-state index contributed by atoms with van der Waals surface area (Å²) >= 11 is 0. The number of halogens is 1. The summed E-state index contributed by atoms with van der Waals surface area (Å²) in [4.78, 5) is 21.2. The molecule has 0 aromatic heterocycles. The summed E-state index contributed by atoms with van der Waals surface area (Å²) in [6, 6.07) is 5.31. The van der Waals surface area contributed by atoms with Crippen LogP contribution in [-0.4, -0.2) is 25.1 Å². The van der Waals surface area contributed by atoms with Crippen molar-refractivity contribution in [2.45, 2.75) is 0 Å². The molecule has 16 heavy (non-hydrogen) atoms. The van der Waals surface area contributed by atoms with Crippen molar-refractivity contribution in [3.63, 3.8) is 0 Å². The summed E-state index contributed by atoms with van der Waals surface area (Å²) < 4.78 is 22.0. The van der Waals surface area contributed by atoms with Gasteiger partial charge >= 0.3 is 5.97 Å². The van der Waals surface area contributed by atoms with E-state index < -0.39 is 30.9 Å². The van der Waals surface area contributed by atoms with E-state index in [1.165, 1.54) is 18.2 Å². The van der Waals surface area contributed by atoms with Crippen LogP contribution in [0.4, 0.5) is 4.39 Å². The highest BCUT2D eigenvalue weighted by Crippen LogP contribution is 2.11. The van der Waals surface area contributed by atoms with Gasteiger partial charge in [0.25, 0.3) is 5.91 Å². The van der Waals surface area contributed by atoms with E-state index in [0.717, 1.165) is 6.07 Å². The zero-order chi connectivity index (χ0) is 12.0. The summed E-state index contributed by atoms with van der Waals surface area (Å²) in [5.41, 5.74) is 4.76. The first-order valence-electron chi connectivity index (χ1n) is 4.40. The molecule has 0 bridgehead atoms. The van der Waals surface area contributed by atoms with Gasteiger partial charge in [-0.1, -0.05) is 6.07 Å². The Hall–Kier alpha value is -2.11. The number of ether oxygens (including phenoxy) is 2. The predicted octanol–water partition coefficient (Wildman–Crippen LogP) is 0.233. The third-order valence-corrected chi connectivity index (χ3v) is 1.53. The second kappa shape index (κ2) is 5.69. The van der Waals surface area contributed by atoms with Crippen LogP contribution in [0.1, 0.15) is 0 Å². The van der Waals surface area contributed by atoms with Crippen LogP contribution in [0, 0.1) is 5.82 Å². The minimum absolute atomic E-state index is 0.205. The maximum atomic E-state index is 12.7. The molecule has 0 aliphatic heterocycles. The predicted molar refractivity (Wildman–Crippen MR) is 52.0 cm³/mol. The molecule has 0 fully saturated rings. The Morgan fingerprint density at radius 1 is 1.31 bits per heavy atom. The van der Waals surface area contributed by atoms with Crippen LogP contribution in [0.5, 0.6) is 5.75 Å². The molecule has 6 heteroatoms. The Kier molecular flexibility index (Phi) is 4.26.